The molecule has 0 aliphatic rings. The monoisotopic (exact) mass is 258 g/mol. The number of rotatable bonds is 5. The van der Waals surface area contributed by atoms with E-state index in [0.29, 0.717) is 11.7 Å². The highest BCUT2D eigenvalue weighted by molar-refractivity contribution is 7.15. The first-order chi connectivity index (χ1) is 8.08. The van der Waals surface area contributed by atoms with Crippen LogP contribution in [0.2, 0.25) is 0 Å². The zero-order valence-electron chi connectivity index (χ0n) is 9.90. The molecular formula is C10H14N2O4S. The van der Waals surface area contributed by atoms with Gasteiger partial charge < -0.3 is 14.8 Å². The van der Waals surface area contributed by atoms with Gasteiger partial charge in [-0.1, -0.05) is 0 Å². The summed E-state index contributed by atoms with van der Waals surface area (Å²) < 4.78 is 9.33. The first-order valence-corrected chi connectivity index (χ1v) is 5.85. The standard InChI is InChI=1S/C10H14N2O4S/c1-4-16-9(14)8-6(2)17-10(12-8)11-5-7(13)15-3/h4-5H2,1-3H3,(H,11,12). The fourth-order valence-electron chi connectivity index (χ4n) is 1.08. The number of carbonyl (C=O) groups is 2. The Kier molecular flexibility index (Phi) is 4.89. The summed E-state index contributed by atoms with van der Waals surface area (Å²) in [5, 5.41) is 3.27. The molecule has 0 fully saturated rings. The third-order valence-corrected chi connectivity index (χ3v) is 2.81. The molecule has 17 heavy (non-hydrogen) atoms. The predicted molar refractivity (Wildman–Crippen MR) is 63.3 cm³/mol. The van der Waals surface area contributed by atoms with Crippen molar-refractivity contribution in [2.75, 3.05) is 25.6 Å². The highest BCUT2D eigenvalue weighted by Gasteiger charge is 2.16. The van der Waals surface area contributed by atoms with Gasteiger partial charge in [-0.25, -0.2) is 9.78 Å². The molecular weight excluding hydrogens is 244 g/mol. The number of esters is 2. The van der Waals surface area contributed by atoms with Crippen molar-refractivity contribution in [1.82, 2.24) is 4.98 Å². The minimum atomic E-state index is -0.452. The molecule has 1 aromatic rings. The number of aryl methyl sites for hydroxylation is 1. The van der Waals surface area contributed by atoms with Crippen LogP contribution in [0, 0.1) is 6.92 Å². The largest absolute Gasteiger partial charge is 0.468 e. The average Bonchev–Trinajstić information content (AvgIpc) is 2.68. The van der Waals surface area contributed by atoms with Gasteiger partial charge in [-0.3, -0.25) is 4.79 Å². The number of anilines is 1. The molecule has 0 radical (unpaired) electrons. The summed E-state index contributed by atoms with van der Waals surface area (Å²) in [4.78, 5) is 27.2. The van der Waals surface area contributed by atoms with E-state index in [0.717, 1.165) is 4.88 Å². The summed E-state index contributed by atoms with van der Waals surface area (Å²) in [5.74, 6) is -0.845. The van der Waals surface area contributed by atoms with Gasteiger partial charge in [0, 0.05) is 4.88 Å². The lowest BCUT2D eigenvalue weighted by molar-refractivity contribution is -0.138. The molecule has 0 aliphatic carbocycles. The number of thiazole rings is 1. The van der Waals surface area contributed by atoms with Gasteiger partial charge in [-0.15, -0.1) is 11.3 Å². The van der Waals surface area contributed by atoms with Crippen LogP contribution in [0.25, 0.3) is 0 Å². The maximum atomic E-state index is 11.5. The Balaban J connectivity index is 2.68. The summed E-state index contributed by atoms with van der Waals surface area (Å²) in [6, 6.07) is 0. The fraction of sp³-hybridized carbons (Fsp3) is 0.500. The lowest BCUT2D eigenvalue weighted by atomic mass is 10.4. The van der Waals surface area contributed by atoms with Crippen LogP contribution in [-0.2, 0) is 14.3 Å². The van der Waals surface area contributed by atoms with Crippen LogP contribution < -0.4 is 5.32 Å². The van der Waals surface area contributed by atoms with Crippen LogP contribution in [-0.4, -0.2) is 37.2 Å². The minimum absolute atomic E-state index is 0.0196. The summed E-state index contributed by atoms with van der Waals surface area (Å²) in [5.41, 5.74) is 0.282. The summed E-state index contributed by atoms with van der Waals surface area (Å²) in [6.45, 7) is 3.83. The molecule has 0 bridgehead atoms. The van der Waals surface area contributed by atoms with Crippen LogP contribution in [0.1, 0.15) is 22.3 Å². The van der Waals surface area contributed by atoms with E-state index in [4.69, 9.17) is 4.74 Å². The normalized spacial score (nSPS) is 9.82. The van der Waals surface area contributed by atoms with Crippen LogP contribution in [0.15, 0.2) is 0 Å². The third-order valence-electron chi connectivity index (χ3n) is 1.88. The van der Waals surface area contributed by atoms with Gasteiger partial charge in [-0.2, -0.15) is 0 Å². The molecule has 0 saturated heterocycles. The van der Waals surface area contributed by atoms with Gasteiger partial charge in [0.2, 0.25) is 0 Å². The van der Waals surface area contributed by atoms with Gasteiger partial charge in [0.1, 0.15) is 6.54 Å². The third kappa shape index (κ3) is 3.70. The van der Waals surface area contributed by atoms with E-state index < -0.39 is 11.9 Å². The first kappa shape index (κ1) is 13.4. The van der Waals surface area contributed by atoms with Crippen molar-refractivity contribution in [3.8, 4) is 0 Å². The van der Waals surface area contributed by atoms with Crippen molar-refractivity contribution in [2.45, 2.75) is 13.8 Å². The SMILES string of the molecule is CCOC(=O)c1nc(NCC(=O)OC)sc1C. The molecule has 0 saturated carbocycles. The topological polar surface area (TPSA) is 77.5 Å². The summed E-state index contributed by atoms with van der Waals surface area (Å²) >= 11 is 1.29. The summed E-state index contributed by atoms with van der Waals surface area (Å²) in [6.07, 6.45) is 0. The number of nitrogens with one attached hydrogen (secondary N) is 1. The van der Waals surface area contributed by atoms with Crippen molar-refractivity contribution >= 4 is 28.4 Å². The number of nitrogens with zero attached hydrogens (tertiary/aromatic N) is 1. The van der Waals surface area contributed by atoms with Gasteiger partial charge in [0.15, 0.2) is 10.8 Å². The van der Waals surface area contributed by atoms with Crippen molar-refractivity contribution < 1.29 is 19.1 Å². The Morgan fingerprint density at radius 1 is 1.47 bits per heavy atom. The maximum absolute atomic E-state index is 11.5. The second kappa shape index (κ2) is 6.19. The predicted octanol–water partition coefficient (Wildman–Crippen LogP) is 1.21. The van der Waals surface area contributed by atoms with Gasteiger partial charge in [-0.05, 0) is 13.8 Å². The highest BCUT2D eigenvalue weighted by atomic mass is 32.1. The molecule has 1 N–H and O–H groups in total. The molecule has 7 heteroatoms. The van der Waals surface area contributed by atoms with Gasteiger partial charge in [0.25, 0.3) is 0 Å². The lowest BCUT2D eigenvalue weighted by Crippen LogP contribution is -2.15. The summed E-state index contributed by atoms with van der Waals surface area (Å²) in [7, 11) is 1.31. The molecule has 0 unspecified atom stereocenters. The number of carbonyl (C=O) groups excluding carboxylic acids is 2. The van der Waals surface area contributed by atoms with E-state index in [1.807, 2.05) is 0 Å². The van der Waals surface area contributed by atoms with Crippen LogP contribution in [0.4, 0.5) is 5.13 Å². The van der Waals surface area contributed by atoms with E-state index >= 15 is 0 Å². The molecule has 1 heterocycles. The number of methoxy groups -OCH3 is 1. The highest BCUT2D eigenvalue weighted by Crippen LogP contribution is 2.22. The van der Waals surface area contributed by atoms with E-state index in [-0.39, 0.29) is 12.2 Å². The van der Waals surface area contributed by atoms with Crippen LogP contribution in [0.5, 0.6) is 0 Å². The van der Waals surface area contributed by atoms with E-state index in [2.05, 4.69) is 15.0 Å². The molecule has 1 aromatic heterocycles. The molecule has 0 spiro atoms. The van der Waals surface area contributed by atoms with Crippen LogP contribution in [0.3, 0.4) is 0 Å². The Bertz CT molecular complexity index is 416. The zero-order chi connectivity index (χ0) is 12.8. The molecule has 6 nitrogen and oxygen atoms in total. The second-order valence-electron chi connectivity index (χ2n) is 3.07. The zero-order valence-corrected chi connectivity index (χ0v) is 10.7. The van der Waals surface area contributed by atoms with Gasteiger partial charge in [0.05, 0.1) is 13.7 Å². The molecule has 94 valence electrons. The number of ether oxygens (including phenoxy) is 2. The Labute approximate surface area is 103 Å². The van der Waals surface area contributed by atoms with Gasteiger partial charge >= 0.3 is 11.9 Å². The maximum Gasteiger partial charge on any atom is 0.358 e. The lowest BCUT2D eigenvalue weighted by Gasteiger charge is -1.99. The van der Waals surface area contributed by atoms with E-state index in [1.165, 1.54) is 18.4 Å². The molecule has 0 aliphatic heterocycles. The molecule has 0 aromatic carbocycles. The van der Waals surface area contributed by atoms with Crippen molar-refractivity contribution in [1.29, 1.82) is 0 Å². The average molecular weight is 258 g/mol. The smallest absolute Gasteiger partial charge is 0.358 e. The molecule has 0 amide bonds. The quantitative estimate of drug-likeness (QED) is 0.800. The van der Waals surface area contributed by atoms with Crippen LogP contribution >= 0.6 is 11.3 Å². The Morgan fingerprint density at radius 2 is 2.18 bits per heavy atom. The second-order valence-corrected chi connectivity index (χ2v) is 4.28. The number of hydrogen-bond acceptors (Lipinski definition) is 7. The molecule has 1 rings (SSSR count). The molecule has 0 atom stereocenters. The Hall–Kier alpha value is -1.63. The van der Waals surface area contributed by atoms with Crippen molar-refractivity contribution in [3.05, 3.63) is 10.6 Å². The van der Waals surface area contributed by atoms with Crippen molar-refractivity contribution in [3.63, 3.8) is 0 Å². The van der Waals surface area contributed by atoms with E-state index in [9.17, 15) is 9.59 Å². The number of aromatic nitrogens is 1. The Morgan fingerprint density at radius 3 is 2.76 bits per heavy atom. The van der Waals surface area contributed by atoms with E-state index in [1.54, 1.807) is 13.8 Å². The minimum Gasteiger partial charge on any atom is -0.468 e. The first-order valence-electron chi connectivity index (χ1n) is 5.03. The number of hydrogen-bond donors (Lipinski definition) is 1. The van der Waals surface area contributed by atoms with Crippen molar-refractivity contribution in [2.24, 2.45) is 0 Å². The fourth-order valence-corrected chi connectivity index (χ4v) is 1.88.